The highest BCUT2D eigenvalue weighted by molar-refractivity contribution is 9.10. The quantitative estimate of drug-likeness (QED) is 0.889. The van der Waals surface area contributed by atoms with Crippen LogP contribution in [0.3, 0.4) is 0 Å². The van der Waals surface area contributed by atoms with Crippen LogP contribution >= 0.6 is 15.9 Å². The molecule has 0 aliphatic rings. The number of likely N-dealkylation sites (N-methyl/N-ethyl adjacent to an activating group) is 1. The molecule has 2 aromatic rings. The van der Waals surface area contributed by atoms with E-state index in [4.69, 9.17) is 0 Å². The lowest BCUT2D eigenvalue weighted by Crippen LogP contribution is -2.24. The van der Waals surface area contributed by atoms with Gasteiger partial charge < -0.3 is 5.32 Å². The van der Waals surface area contributed by atoms with Crippen LogP contribution in [0.1, 0.15) is 24.2 Å². The molecule has 0 radical (unpaired) electrons. The molecular weight excluding hydrogens is 326 g/mol. The minimum atomic E-state index is -0.434. The van der Waals surface area contributed by atoms with E-state index in [-0.39, 0.29) is 6.04 Å². The van der Waals surface area contributed by atoms with Crippen LogP contribution in [-0.2, 0) is 6.42 Å². The van der Waals surface area contributed by atoms with Gasteiger partial charge >= 0.3 is 0 Å². The summed E-state index contributed by atoms with van der Waals surface area (Å²) < 4.78 is 27.9. The van der Waals surface area contributed by atoms with Gasteiger partial charge in [-0.25, -0.2) is 8.78 Å². The lowest BCUT2D eigenvalue weighted by molar-refractivity contribution is 0.511. The first-order valence-electron chi connectivity index (χ1n) is 6.39. The Labute approximate surface area is 125 Å². The standard InChI is InChI=1S/C15H15BrF2N2/c1-2-19-14(15-12(16)4-3-7-20-15)9-10-8-11(17)5-6-13(10)18/h3-8,14,19H,2,9H2,1H3. The summed E-state index contributed by atoms with van der Waals surface area (Å²) in [6, 6.07) is 7.04. The largest absolute Gasteiger partial charge is 0.309 e. The average molecular weight is 341 g/mol. The van der Waals surface area contributed by atoms with Gasteiger partial charge in [-0.3, -0.25) is 4.98 Å². The van der Waals surface area contributed by atoms with Crippen LogP contribution in [0.5, 0.6) is 0 Å². The van der Waals surface area contributed by atoms with Crippen molar-refractivity contribution in [3.8, 4) is 0 Å². The molecule has 106 valence electrons. The smallest absolute Gasteiger partial charge is 0.126 e. The van der Waals surface area contributed by atoms with Gasteiger partial charge in [0.1, 0.15) is 11.6 Å². The minimum Gasteiger partial charge on any atom is -0.309 e. The number of nitrogens with one attached hydrogen (secondary N) is 1. The number of hydrogen-bond donors (Lipinski definition) is 1. The van der Waals surface area contributed by atoms with Crippen molar-refractivity contribution >= 4 is 15.9 Å². The van der Waals surface area contributed by atoms with Crippen LogP contribution in [-0.4, -0.2) is 11.5 Å². The Balaban J connectivity index is 2.30. The van der Waals surface area contributed by atoms with Gasteiger partial charge in [0.25, 0.3) is 0 Å². The van der Waals surface area contributed by atoms with Crippen molar-refractivity contribution in [2.75, 3.05) is 6.54 Å². The lowest BCUT2D eigenvalue weighted by Gasteiger charge is -2.19. The molecule has 0 fully saturated rings. The van der Waals surface area contributed by atoms with E-state index in [9.17, 15) is 8.78 Å². The molecule has 0 aliphatic carbocycles. The third kappa shape index (κ3) is 3.61. The highest BCUT2D eigenvalue weighted by atomic mass is 79.9. The van der Waals surface area contributed by atoms with Crippen molar-refractivity contribution in [3.05, 3.63) is 63.9 Å². The normalized spacial score (nSPS) is 12.4. The fourth-order valence-corrected chi connectivity index (χ4v) is 2.62. The first kappa shape index (κ1) is 15.1. The second-order valence-corrected chi connectivity index (χ2v) is 5.27. The van der Waals surface area contributed by atoms with E-state index in [1.807, 2.05) is 19.1 Å². The second-order valence-electron chi connectivity index (χ2n) is 4.42. The SMILES string of the molecule is CCNC(Cc1cc(F)ccc1F)c1ncccc1Br. The molecule has 2 nitrogen and oxygen atoms in total. The maximum atomic E-state index is 13.8. The second kappa shape index (κ2) is 6.90. The molecule has 1 aromatic carbocycles. The summed E-state index contributed by atoms with van der Waals surface area (Å²) in [7, 11) is 0. The van der Waals surface area contributed by atoms with Gasteiger partial charge in [0.05, 0.1) is 11.7 Å². The van der Waals surface area contributed by atoms with Gasteiger partial charge in [0, 0.05) is 10.7 Å². The number of halogens is 3. The van der Waals surface area contributed by atoms with E-state index in [0.29, 0.717) is 18.5 Å². The van der Waals surface area contributed by atoms with Gasteiger partial charge in [-0.15, -0.1) is 0 Å². The first-order chi connectivity index (χ1) is 9.61. The number of hydrogen-bond acceptors (Lipinski definition) is 2. The summed E-state index contributed by atoms with van der Waals surface area (Å²) in [5.41, 5.74) is 1.13. The van der Waals surface area contributed by atoms with Crippen LogP contribution in [0.2, 0.25) is 0 Å². The van der Waals surface area contributed by atoms with E-state index in [2.05, 4.69) is 26.2 Å². The molecule has 1 atom stereocenters. The molecule has 1 aromatic heterocycles. The molecule has 0 saturated carbocycles. The van der Waals surface area contributed by atoms with Crippen molar-refractivity contribution in [2.24, 2.45) is 0 Å². The molecule has 1 heterocycles. The fraction of sp³-hybridized carbons (Fsp3) is 0.267. The van der Waals surface area contributed by atoms with Gasteiger partial charge in [-0.1, -0.05) is 6.92 Å². The van der Waals surface area contributed by atoms with E-state index >= 15 is 0 Å². The molecule has 0 spiro atoms. The number of nitrogens with zero attached hydrogens (tertiary/aromatic N) is 1. The Kier molecular flexibility index (Phi) is 5.20. The van der Waals surface area contributed by atoms with Crippen LogP contribution in [0.4, 0.5) is 8.78 Å². The van der Waals surface area contributed by atoms with E-state index < -0.39 is 11.6 Å². The highest BCUT2D eigenvalue weighted by Gasteiger charge is 2.17. The molecule has 0 bridgehead atoms. The third-order valence-corrected chi connectivity index (χ3v) is 3.67. The number of aromatic nitrogens is 1. The maximum Gasteiger partial charge on any atom is 0.126 e. The third-order valence-electron chi connectivity index (χ3n) is 3.00. The van der Waals surface area contributed by atoms with Crippen LogP contribution in [0.25, 0.3) is 0 Å². The van der Waals surface area contributed by atoms with Crippen molar-refractivity contribution in [1.82, 2.24) is 10.3 Å². The molecule has 2 rings (SSSR count). The summed E-state index contributed by atoms with van der Waals surface area (Å²) in [6.45, 7) is 2.68. The molecule has 0 aliphatic heterocycles. The summed E-state index contributed by atoms with van der Waals surface area (Å²) in [6.07, 6.45) is 2.03. The van der Waals surface area contributed by atoms with E-state index in [1.165, 1.54) is 6.07 Å². The molecule has 1 unspecified atom stereocenters. The predicted molar refractivity (Wildman–Crippen MR) is 78.4 cm³/mol. The van der Waals surface area contributed by atoms with Crippen molar-refractivity contribution in [1.29, 1.82) is 0 Å². The average Bonchev–Trinajstić information content (AvgIpc) is 2.43. The summed E-state index contributed by atoms with van der Waals surface area (Å²) in [5.74, 6) is -0.835. The lowest BCUT2D eigenvalue weighted by atomic mass is 10.0. The zero-order valence-electron chi connectivity index (χ0n) is 11.0. The van der Waals surface area contributed by atoms with E-state index in [0.717, 1.165) is 22.3 Å². The number of benzene rings is 1. The van der Waals surface area contributed by atoms with Crippen LogP contribution < -0.4 is 5.32 Å². The van der Waals surface area contributed by atoms with E-state index in [1.54, 1.807) is 6.20 Å². The molecular formula is C15H15BrF2N2. The van der Waals surface area contributed by atoms with Crippen LogP contribution in [0.15, 0.2) is 41.0 Å². The number of rotatable bonds is 5. The monoisotopic (exact) mass is 340 g/mol. The first-order valence-corrected chi connectivity index (χ1v) is 7.18. The van der Waals surface area contributed by atoms with Gasteiger partial charge in [0.15, 0.2) is 0 Å². The zero-order valence-corrected chi connectivity index (χ0v) is 12.6. The predicted octanol–water partition coefficient (Wildman–Crippen LogP) is 4.02. The van der Waals surface area contributed by atoms with Gasteiger partial charge in [-0.05, 0) is 64.8 Å². The van der Waals surface area contributed by atoms with Gasteiger partial charge in [0.2, 0.25) is 0 Å². The Morgan fingerprint density at radius 1 is 1.30 bits per heavy atom. The molecule has 0 saturated heterocycles. The Morgan fingerprint density at radius 3 is 2.80 bits per heavy atom. The topological polar surface area (TPSA) is 24.9 Å². The Morgan fingerprint density at radius 2 is 2.10 bits per heavy atom. The molecule has 20 heavy (non-hydrogen) atoms. The van der Waals surface area contributed by atoms with Gasteiger partial charge in [-0.2, -0.15) is 0 Å². The maximum absolute atomic E-state index is 13.8. The number of pyridine rings is 1. The van der Waals surface area contributed by atoms with Crippen molar-refractivity contribution in [2.45, 2.75) is 19.4 Å². The summed E-state index contributed by atoms with van der Waals surface area (Å²) >= 11 is 3.44. The molecule has 1 N–H and O–H groups in total. The summed E-state index contributed by atoms with van der Waals surface area (Å²) in [4.78, 5) is 4.32. The highest BCUT2D eigenvalue weighted by Crippen LogP contribution is 2.25. The zero-order chi connectivity index (χ0) is 14.5. The van der Waals surface area contributed by atoms with Crippen molar-refractivity contribution < 1.29 is 8.78 Å². The minimum absolute atomic E-state index is 0.174. The fourth-order valence-electron chi connectivity index (χ4n) is 2.09. The molecule has 0 amide bonds. The van der Waals surface area contributed by atoms with Crippen LogP contribution in [0, 0.1) is 11.6 Å². The Hall–Kier alpha value is -1.33. The van der Waals surface area contributed by atoms with Crippen molar-refractivity contribution in [3.63, 3.8) is 0 Å². The molecule has 5 heteroatoms. The Bertz CT molecular complexity index is 590. The summed E-state index contributed by atoms with van der Waals surface area (Å²) in [5, 5.41) is 3.25.